The van der Waals surface area contributed by atoms with E-state index in [1.54, 1.807) is 24.3 Å². The lowest BCUT2D eigenvalue weighted by atomic mass is 10.1. The third-order valence-electron chi connectivity index (χ3n) is 5.01. The van der Waals surface area contributed by atoms with E-state index in [9.17, 15) is 31.2 Å². The first kappa shape index (κ1) is 24.5. The number of anilines is 1. The highest BCUT2D eigenvalue weighted by Crippen LogP contribution is 2.33. The molecule has 33 heavy (non-hydrogen) atoms. The van der Waals surface area contributed by atoms with E-state index in [4.69, 9.17) is 0 Å². The molecule has 0 aromatic heterocycles. The Balaban J connectivity index is 1.59. The molecular formula is C21H23F3N4O4S. The second kappa shape index (κ2) is 9.79. The van der Waals surface area contributed by atoms with Crippen LogP contribution in [0.25, 0.3) is 0 Å². The molecule has 2 amide bonds. The van der Waals surface area contributed by atoms with E-state index in [0.717, 1.165) is 23.4 Å². The van der Waals surface area contributed by atoms with Crippen molar-refractivity contribution in [3.63, 3.8) is 0 Å². The number of carbonyl (C=O) groups is 2. The summed E-state index contributed by atoms with van der Waals surface area (Å²) in [5.41, 5.74) is 0.270. The number of carbonyl (C=O) groups excluding carboxylic acids is 2. The maximum absolute atomic E-state index is 13.2. The summed E-state index contributed by atoms with van der Waals surface area (Å²) >= 11 is 0. The fraction of sp³-hybridized carbons (Fsp3) is 0.333. The van der Waals surface area contributed by atoms with Crippen LogP contribution >= 0.6 is 0 Å². The van der Waals surface area contributed by atoms with E-state index in [0.29, 0.717) is 19.2 Å². The van der Waals surface area contributed by atoms with Gasteiger partial charge in [-0.15, -0.1) is 0 Å². The van der Waals surface area contributed by atoms with Crippen molar-refractivity contribution in [3.05, 3.63) is 59.7 Å². The molecule has 2 aromatic rings. The van der Waals surface area contributed by atoms with Gasteiger partial charge in [0.05, 0.1) is 23.0 Å². The molecule has 2 aromatic carbocycles. The van der Waals surface area contributed by atoms with Gasteiger partial charge in [0.25, 0.3) is 0 Å². The van der Waals surface area contributed by atoms with Crippen molar-refractivity contribution in [2.45, 2.75) is 30.6 Å². The summed E-state index contributed by atoms with van der Waals surface area (Å²) in [4.78, 5) is 24.8. The van der Waals surface area contributed by atoms with Crippen molar-refractivity contribution >= 4 is 27.5 Å². The van der Waals surface area contributed by atoms with Gasteiger partial charge < -0.3 is 15.5 Å². The Labute approximate surface area is 189 Å². The Hall–Kier alpha value is -3.12. The van der Waals surface area contributed by atoms with E-state index in [1.807, 2.05) is 9.62 Å². The molecule has 1 unspecified atom stereocenters. The molecular weight excluding hydrogens is 461 g/mol. The molecule has 1 saturated heterocycles. The number of amides is 2. The fourth-order valence-electron chi connectivity index (χ4n) is 3.31. The number of nitrogens with zero attached hydrogens (tertiary/aromatic N) is 1. The fourth-order valence-corrected chi connectivity index (χ4v) is 4.74. The van der Waals surface area contributed by atoms with Crippen LogP contribution in [0, 0.1) is 0 Å². The first-order valence-corrected chi connectivity index (χ1v) is 11.5. The molecule has 12 heteroatoms. The van der Waals surface area contributed by atoms with Crippen molar-refractivity contribution in [1.29, 1.82) is 0 Å². The van der Waals surface area contributed by atoms with Gasteiger partial charge in [0.15, 0.2) is 0 Å². The van der Waals surface area contributed by atoms with Gasteiger partial charge in [-0.3, -0.25) is 9.59 Å². The van der Waals surface area contributed by atoms with E-state index < -0.39 is 38.6 Å². The van der Waals surface area contributed by atoms with Crippen LogP contribution in [0.5, 0.6) is 0 Å². The predicted molar refractivity (Wildman–Crippen MR) is 115 cm³/mol. The molecule has 1 fully saturated rings. The van der Waals surface area contributed by atoms with Crippen LogP contribution in [0.2, 0.25) is 0 Å². The third kappa shape index (κ3) is 6.23. The highest BCUT2D eigenvalue weighted by molar-refractivity contribution is 7.89. The Kier molecular flexibility index (Phi) is 7.28. The highest BCUT2D eigenvalue weighted by Gasteiger charge is 2.37. The molecule has 3 rings (SSSR count). The Morgan fingerprint density at radius 2 is 1.82 bits per heavy atom. The maximum atomic E-state index is 13.2. The van der Waals surface area contributed by atoms with Crippen molar-refractivity contribution in [2.24, 2.45) is 0 Å². The van der Waals surface area contributed by atoms with E-state index in [2.05, 4.69) is 10.6 Å². The molecule has 8 nitrogen and oxygen atoms in total. The molecule has 1 atom stereocenters. The van der Waals surface area contributed by atoms with Crippen LogP contribution in [0.15, 0.2) is 53.4 Å². The molecule has 1 aliphatic rings. The van der Waals surface area contributed by atoms with Crippen LogP contribution in [0.4, 0.5) is 18.9 Å². The van der Waals surface area contributed by atoms with Gasteiger partial charge in [0.2, 0.25) is 21.8 Å². The highest BCUT2D eigenvalue weighted by atomic mass is 32.2. The summed E-state index contributed by atoms with van der Waals surface area (Å²) in [5, 5.41) is 5.30. The number of rotatable bonds is 7. The second-order valence-electron chi connectivity index (χ2n) is 7.49. The summed E-state index contributed by atoms with van der Waals surface area (Å²) in [5.74, 6) is -0.758. The molecule has 178 valence electrons. The number of sulfonamides is 1. The van der Waals surface area contributed by atoms with Gasteiger partial charge in [0, 0.05) is 25.3 Å². The van der Waals surface area contributed by atoms with Crippen LogP contribution in [0.3, 0.4) is 0 Å². The topological polar surface area (TPSA) is 108 Å². The van der Waals surface area contributed by atoms with Crippen LogP contribution in [-0.2, 0) is 32.3 Å². The maximum Gasteiger partial charge on any atom is 0.417 e. The van der Waals surface area contributed by atoms with Crippen molar-refractivity contribution in [2.75, 3.05) is 24.5 Å². The first-order valence-electron chi connectivity index (χ1n) is 10.0. The third-order valence-corrected chi connectivity index (χ3v) is 6.61. The number of nitrogens with one attached hydrogen (secondary N) is 3. The quantitative estimate of drug-likeness (QED) is 0.554. The molecule has 1 aliphatic heterocycles. The molecule has 0 bridgehead atoms. The lowest BCUT2D eigenvalue weighted by molar-refractivity contribution is -0.139. The first-order chi connectivity index (χ1) is 15.5. The second-order valence-corrected chi connectivity index (χ2v) is 9.18. The van der Waals surface area contributed by atoms with Gasteiger partial charge in [-0.05, 0) is 36.8 Å². The largest absolute Gasteiger partial charge is 0.417 e. The van der Waals surface area contributed by atoms with E-state index in [-0.39, 0.29) is 19.0 Å². The average Bonchev–Trinajstić information content (AvgIpc) is 2.77. The zero-order valence-corrected chi connectivity index (χ0v) is 18.5. The summed E-state index contributed by atoms with van der Waals surface area (Å²) in [6, 6.07) is 9.59. The molecule has 0 saturated carbocycles. The Morgan fingerprint density at radius 3 is 2.45 bits per heavy atom. The smallest absolute Gasteiger partial charge is 0.360 e. The predicted octanol–water partition coefficient (Wildman–Crippen LogP) is 1.62. The zero-order chi connectivity index (χ0) is 24.2. The van der Waals surface area contributed by atoms with Gasteiger partial charge in [-0.1, -0.05) is 24.3 Å². The summed E-state index contributed by atoms with van der Waals surface area (Å²) in [6.07, 6.45) is -4.86. The minimum absolute atomic E-state index is 0.0631. The van der Waals surface area contributed by atoms with Crippen molar-refractivity contribution < 1.29 is 31.2 Å². The summed E-state index contributed by atoms with van der Waals surface area (Å²) in [6.45, 7) is 2.82. The monoisotopic (exact) mass is 484 g/mol. The Bertz CT molecular complexity index is 1120. The SMILES string of the molecule is CC(NS(=O)(=O)c1ccccc1C(F)(F)F)C(=O)NCc1ccc(N2CCNC(=O)C2)cc1. The van der Waals surface area contributed by atoms with Gasteiger partial charge >= 0.3 is 6.18 Å². The Morgan fingerprint density at radius 1 is 1.15 bits per heavy atom. The van der Waals surface area contributed by atoms with Crippen molar-refractivity contribution in [1.82, 2.24) is 15.4 Å². The van der Waals surface area contributed by atoms with E-state index in [1.165, 1.54) is 13.0 Å². The minimum atomic E-state index is -4.86. The number of halogens is 3. The number of hydrogen-bond acceptors (Lipinski definition) is 5. The van der Waals surface area contributed by atoms with Gasteiger partial charge in [-0.2, -0.15) is 17.9 Å². The van der Waals surface area contributed by atoms with Gasteiger partial charge in [0.1, 0.15) is 0 Å². The summed E-state index contributed by atoms with van der Waals surface area (Å²) < 4.78 is 66.4. The van der Waals surface area contributed by atoms with Crippen LogP contribution in [-0.4, -0.2) is 45.9 Å². The standard InChI is InChI=1S/C21H23F3N4O4S/c1-14(27-33(31,32)18-5-3-2-4-17(18)21(22,23)24)20(30)26-12-15-6-8-16(9-7-15)28-11-10-25-19(29)13-28/h2-9,14,27H,10-13H2,1H3,(H,25,29)(H,26,30). The van der Waals surface area contributed by atoms with E-state index >= 15 is 0 Å². The number of piperazine rings is 1. The number of benzene rings is 2. The number of hydrogen-bond donors (Lipinski definition) is 3. The average molecular weight is 485 g/mol. The molecule has 0 spiro atoms. The molecule has 3 N–H and O–H groups in total. The zero-order valence-electron chi connectivity index (χ0n) is 17.6. The molecule has 0 aliphatic carbocycles. The lowest BCUT2D eigenvalue weighted by Gasteiger charge is -2.28. The van der Waals surface area contributed by atoms with Gasteiger partial charge in [-0.25, -0.2) is 8.42 Å². The van der Waals surface area contributed by atoms with Crippen molar-refractivity contribution in [3.8, 4) is 0 Å². The minimum Gasteiger partial charge on any atom is -0.360 e. The summed E-state index contributed by atoms with van der Waals surface area (Å²) in [7, 11) is -4.59. The van der Waals surface area contributed by atoms with Crippen LogP contribution < -0.4 is 20.3 Å². The number of alkyl halides is 3. The van der Waals surface area contributed by atoms with Crippen LogP contribution in [0.1, 0.15) is 18.1 Å². The normalized spacial score (nSPS) is 15.6. The molecule has 1 heterocycles. The molecule has 0 radical (unpaired) electrons. The lowest BCUT2D eigenvalue weighted by Crippen LogP contribution is -2.47.